The number of halogens is 4. The van der Waals surface area contributed by atoms with E-state index in [1.54, 1.807) is 20.8 Å². The van der Waals surface area contributed by atoms with E-state index in [0.29, 0.717) is 24.2 Å². The van der Waals surface area contributed by atoms with Crippen molar-refractivity contribution in [3.63, 3.8) is 0 Å². The molecule has 29 heavy (non-hydrogen) atoms. The predicted molar refractivity (Wildman–Crippen MR) is 96.0 cm³/mol. The molecule has 0 bridgehead atoms. The Morgan fingerprint density at radius 2 is 2.07 bits per heavy atom. The summed E-state index contributed by atoms with van der Waals surface area (Å²) in [6, 6.07) is 0. The topological polar surface area (TPSA) is 56.6 Å². The van der Waals surface area contributed by atoms with E-state index >= 15 is 0 Å². The van der Waals surface area contributed by atoms with Crippen LogP contribution in [-0.2, 0) is 34.9 Å². The molecule has 3 rings (SSSR count). The quantitative estimate of drug-likeness (QED) is 0.691. The number of alkyl halides is 4. The van der Waals surface area contributed by atoms with Gasteiger partial charge in [-0.05, 0) is 27.2 Å². The van der Waals surface area contributed by atoms with Crippen molar-refractivity contribution in [1.82, 2.24) is 14.7 Å². The third kappa shape index (κ3) is 5.21. The van der Waals surface area contributed by atoms with Crippen molar-refractivity contribution in [1.29, 1.82) is 0 Å². The molecule has 0 radical (unpaired) electrons. The smallest absolute Gasteiger partial charge is 0.410 e. The highest BCUT2D eigenvalue weighted by molar-refractivity contribution is 5.68. The van der Waals surface area contributed by atoms with Gasteiger partial charge in [0.2, 0.25) is 0 Å². The van der Waals surface area contributed by atoms with Gasteiger partial charge in [0, 0.05) is 37.4 Å². The monoisotopic (exact) mass is 421 g/mol. The lowest BCUT2D eigenvalue weighted by atomic mass is 9.98. The highest BCUT2D eigenvalue weighted by Crippen LogP contribution is 2.41. The number of aromatic nitrogens is 2. The fourth-order valence-electron chi connectivity index (χ4n) is 3.75. The zero-order valence-electron chi connectivity index (χ0n) is 16.9. The molecule has 0 N–H and O–H groups in total. The second-order valence-corrected chi connectivity index (χ2v) is 8.65. The maximum atomic E-state index is 14.9. The summed E-state index contributed by atoms with van der Waals surface area (Å²) in [6.45, 7) is 5.04. The zero-order valence-corrected chi connectivity index (χ0v) is 16.9. The molecule has 6 nitrogen and oxygen atoms in total. The minimum Gasteiger partial charge on any atom is -0.444 e. The highest BCUT2D eigenvalue weighted by Gasteiger charge is 2.44. The number of hydrogen-bond donors (Lipinski definition) is 0. The number of carbonyl (C=O) groups excluding carboxylic acids is 1. The molecule has 1 aromatic heterocycles. The van der Waals surface area contributed by atoms with Crippen LogP contribution >= 0.6 is 0 Å². The average molecular weight is 421 g/mol. The van der Waals surface area contributed by atoms with E-state index < -0.39 is 37.1 Å². The van der Waals surface area contributed by atoms with E-state index in [0.717, 1.165) is 0 Å². The van der Waals surface area contributed by atoms with Gasteiger partial charge in [0.25, 0.3) is 12.3 Å². The van der Waals surface area contributed by atoms with Gasteiger partial charge in [-0.2, -0.15) is 13.9 Å². The first-order chi connectivity index (χ1) is 13.5. The first-order valence-corrected chi connectivity index (χ1v) is 9.77. The molecule has 0 spiro atoms. The molecule has 2 aliphatic heterocycles. The van der Waals surface area contributed by atoms with E-state index in [4.69, 9.17) is 9.47 Å². The van der Waals surface area contributed by atoms with Crippen LogP contribution in [0.4, 0.5) is 22.4 Å². The lowest BCUT2D eigenvalue weighted by Gasteiger charge is -2.30. The molecule has 0 aliphatic carbocycles. The van der Waals surface area contributed by atoms with Crippen molar-refractivity contribution in [3.8, 4) is 0 Å². The summed E-state index contributed by atoms with van der Waals surface area (Å²) in [7, 11) is 0. The first kappa shape index (κ1) is 21.9. The van der Waals surface area contributed by atoms with Crippen molar-refractivity contribution in [2.75, 3.05) is 19.8 Å². The van der Waals surface area contributed by atoms with Crippen LogP contribution in [0.15, 0.2) is 0 Å². The van der Waals surface area contributed by atoms with Gasteiger partial charge < -0.3 is 14.4 Å². The van der Waals surface area contributed by atoms with Crippen LogP contribution in [0, 0.1) is 5.92 Å². The van der Waals surface area contributed by atoms with E-state index in [1.165, 1.54) is 9.58 Å². The highest BCUT2D eigenvalue weighted by atomic mass is 19.3. The van der Waals surface area contributed by atoms with Crippen LogP contribution in [0.25, 0.3) is 0 Å². The van der Waals surface area contributed by atoms with Crippen molar-refractivity contribution < 1.29 is 31.8 Å². The molecule has 0 saturated carbocycles. The predicted octanol–water partition coefficient (Wildman–Crippen LogP) is 3.96. The summed E-state index contributed by atoms with van der Waals surface area (Å²) in [4.78, 5) is 13.8. The molecule has 10 heteroatoms. The van der Waals surface area contributed by atoms with Crippen LogP contribution in [0.3, 0.4) is 0 Å². The van der Waals surface area contributed by atoms with E-state index in [1.807, 2.05) is 0 Å². The third-order valence-electron chi connectivity index (χ3n) is 4.99. The van der Waals surface area contributed by atoms with Gasteiger partial charge in [-0.15, -0.1) is 0 Å². The number of nitrogens with zero attached hydrogens (tertiary/aromatic N) is 3. The number of hydrogen-bond acceptors (Lipinski definition) is 4. The van der Waals surface area contributed by atoms with Crippen molar-refractivity contribution in [2.24, 2.45) is 5.92 Å². The number of rotatable bonds is 4. The molecule has 1 aromatic rings. The lowest BCUT2D eigenvalue weighted by molar-refractivity contribution is -0.0278. The Morgan fingerprint density at radius 3 is 2.72 bits per heavy atom. The van der Waals surface area contributed by atoms with Gasteiger partial charge in [-0.25, -0.2) is 13.6 Å². The largest absolute Gasteiger partial charge is 0.444 e. The molecule has 0 aromatic carbocycles. The Bertz CT molecular complexity index is 746. The van der Waals surface area contributed by atoms with Crippen LogP contribution in [-0.4, -0.2) is 52.6 Å². The van der Waals surface area contributed by atoms with E-state index in [-0.39, 0.29) is 37.7 Å². The summed E-state index contributed by atoms with van der Waals surface area (Å²) < 4.78 is 66.1. The standard InChI is InChI=1S/C19H27F4N3O3/c1-18(2,3)29-17(27)25-7-5-14-13(9-25)16-19(22,23)6-4-12(8-26(16)24-14)10-28-11-15(20)21/h12,15H,4-11H2,1-3H3/t12-/m0/s1. The Balaban J connectivity index is 1.79. The van der Waals surface area contributed by atoms with Gasteiger partial charge in [0.05, 0.1) is 18.8 Å². The zero-order chi connectivity index (χ0) is 21.4. The number of ether oxygens (including phenoxy) is 2. The van der Waals surface area contributed by atoms with Crippen molar-refractivity contribution in [3.05, 3.63) is 17.0 Å². The van der Waals surface area contributed by atoms with Crippen LogP contribution in [0.1, 0.15) is 50.6 Å². The van der Waals surface area contributed by atoms with Crippen molar-refractivity contribution in [2.45, 2.75) is 71.1 Å². The third-order valence-corrected chi connectivity index (χ3v) is 4.99. The van der Waals surface area contributed by atoms with Gasteiger partial charge in [0.1, 0.15) is 17.9 Å². The first-order valence-electron chi connectivity index (χ1n) is 9.77. The minimum atomic E-state index is -3.12. The van der Waals surface area contributed by atoms with Gasteiger partial charge in [0.15, 0.2) is 0 Å². The van der Waals surface area contributed by atoms with Crippen molar-refractivity contribution >= 4 is 6.09 Å². The Kier molecular flexibility index (Phi) is 6.12. The Morgan fingerprint density at radius 1 is 1.34 bits per heavy atom. The fraction of sp³-hybridized carbons (Fsp3) is 0.789. The maximum absolute atomic E-state index is 14.9. The van der Waals surface area contributed by atoms with Crippen LogP contribution < -0.4 is 0 Å². The molecule has 1 atom stereocenters. The SMILES string of the molecule is CC(C)(C)OC(=O)N1CCc2nn3c(c2C1)C(F)(F)CC[C@H](COCC(F)F)C3. The Labute approximate surface area is 167 Å². The molecule has 1 amide bonds. The maximum Gasteiger partial charge on any atom is 0.410 e. The normalized spacial score (nSPS) is 21.5. The number of amides is 1. The van der Waals surface area contributed by atoms with Crippen LogP contribution in [0.2, 0.25) is 0 Å². The van der Waals surface area contributed by atoms with Gasteiger partial charge in [-0.1, -0.05) is 0 Å². The summed E-state index contributed by atoms with van der Waals surface area (Å²) in [5, 5.41) is 4.36. The molecule has 0 fully saturated rings. The van der Waals surface area contributed by atoms with Crippen LogP contribution in [0.5, 0.6) is 0 Å². The number of carbonyl (C=O) groups is 1. The number of fused-ring (bicyclic) bond motifs is 3. The van der Waals surface area contributed by atoms with E-state index in [9.17, 15) is 22.4 Å². The van der Waals surface area contributed by atoms with Gasteiger partial charge in [-0.3, -0.25) is 4.68 Å². The molecule has 3 heterocycles. The fourth-order valence-corrected chi connectivity index (χ4v) is 3.75. The Hall–Kier alpha value is -1.84. The summed E-state index contributed by atoms with van der Waals surface area (Å²) in [6.07, 6.45) is -3.05. The molecule has 0 saturated heterocycles. The summed E-state index contributed by atoms with van der Waals surface area (Å²) in [5.41, 5.74) is 0.0508. The second kappa shape index (κ2) is 8.12. The molecule has 0 unspecified atom stereocenters. The summed E-state index contributed by atoms with van der Waals surface area (Å²) in [5.74, 6) is -3.45. The second-order valence-electron chi connectivity index (χ2n) is 8.65. The minimum absolute atomic E-state index is 0.0156. The van der Waals surface area contributed by atoms with E-state index in [2.05, 4.69) is 5.10 Å². The lowest BCUT2D eigenvalue weighted by Crippen LogP contribution is -2.40. The molecule has 2 aliphatic rings. The molecular formula is C19H27F4N3O3. The molecular weight excluding hydrogens is 394 g/mol. The molecule has 164 valence electrons. The average Bonchev–Trinajstić information content (AvgIpc) is 2.89. The van der Waals surface area contributed by atoms with Gasteiger partial charge >= 0.3 is 6.09 Å². The summed E-state index contributed by atoms with van der Waals surface area (Å²) >= 11 is 0.